The van der Waals surface area contributed by atoms with E-state index in [1.165, 1.54) is 11.9 Å². The molecule has 3 aliphatic heterocycles. The summed E-state index contributed by atoms with van der Waals surface area (Å²) in [5.41, 5.74) is 0.991. The van der Waals surface area contributed by atoms with Crippen molar-refractivity contribution in [3.63, 3.8) is 0 Å². The number of methoxy groups -OCH3 is 1. The van der Waals surface area contributed by atoms with Gasteiger partial charge in [-0.25, -0.2) is 4.79 Å². The lowest BCUT2D eigenvalue weighted by Gasteiger charge is -2.60. The van der Waals surface area contributed by atoms with E-state index in [1.807, 2.05) is 6.92 Å². The largest absolute Gasteiger partial charge is 0.458 e. The van der Waals surface area contributed by atoms with Crippen LogP contribution in [0.1, 0.15) is 78.1 Å². The van der Waals surface area contributed by atoms with Gasteiger partial charge in [0, 0.05) is 25.0 Å². The van der Waals surface area contributed by atoms with Crippen molar-refractivity contribution in [2.24, 2.45) is 40.4 Å². The average molecular weight is 679 g/mol. The molecular formula is C36H54O12. The zero-order chi connectivity index (χ0) is 34.0. The first-order valence-electron chi connectivity index (χ1n) is 18.2. The summed E-state index contributed by atoms with van der Waals surface area (Å²) in [7, 11) is 1.57. The van der Waals surface area contributed by atoms with E-state index in [-0.39, 0.29) is 28.8 Å². The molecule has 12 nitrogen and oxygen atoms in total. The number of hydrogen-bond donors (Lipinski definition) is 4. The fourth-order valence-corrected chi connectivity index (χ4v) is 11.5. The Hall–Kier alpha value is -1.48. The molecule has 7 aliphatic rings. The molecule has 7 rings (SSSR count). The molecule has 0 spiro atoms. The lowest BCUT2D eigenvalue weighted by atomic mass is 9.44. The van der Waals surface area contributed by atoms with Gasteiger partial charge in [0.2, 0.25) is 0 Å². The van der Waals surface area contributed by atoms with Crippen LogP contribution in [0.5, 0.6) is 0 Å². The van der Waals surface area contributed by atoms with E-state index < -0.39 is 61.9 Å². The van der Waals surface area contributed by atoms with Crippen LogP contribution in [0.15, 0.2) is 11.6 Å². The van der Waals surface area contributed by atoms with Crippen LogP contribution in [0.25, 0.3) is 0 Å². The monoisotopic (exact) mass is 678 g/mol. The Labute approximate surface area is 282 Å². The van der Waals surface area contributed by atoms with E-state index in [0.29, 0.717) is 36.7 Å². The summed E-state index contributed by atoms with van der Waals surface area (Å²) in [4.78, 5) is 25.0. The number of carbonyl (C=O) groups is 2. The van der Waals surface area contributed by atoms with Gasteiger partial charge in [-0.1, -0.05) is 6.92 Å². The molecule has 12 heteroatoms. The Morgan fingerprint density at radius 2 is 1.77 bits per heavy atom. The molecule has 17 atom stereocenters. The van der Waals surface area contributed by atoms with Crippen molar-refractivity contribution in [2.45, 2.75) is 139 Å². The van der Waals surface area contributed by atoms with Crippen LogP contribution >= 0.6 is 0 Å². The summed E-state index contributed by atoms with van der Waals surface area (Å²) in [6, 6.07) is 0. The number of carbonyl (C=O) groups excluding carboxylic acids is 2. The van der Waals surface area contributed by atoms with E-state index in [2.05, 4.69) is 6.92 Å². The maximum atomic E-state index is 13.1. The molecule has 0 amide bonds. The zero-order valence-corrected chi connectivity index (χ0v) is 28.4. The van der Waals surface area contributed by atoms with Crippen LogP contribution in [0.4, 0.5) is 0 Å². The predicted octanol–water partition coefficient (Wildman–Crippen LogP) is 2.03. The molecule has 0 bridgehead atoms. The van der Waals surface area contributed by atoms with E-state index in [4.69, 9.17) is 28.4 Å². The fraction of sp³-hybridized carbons (Fsp3) is 0.889. The van der Waals surface area contributed by atoms with Crippen molar-refractivity contribution in [3.05, 3.63) is 11.6 Å². The topological polar surface area (TPSA) is 170 Å². The highest BCUT2D eigenvalue weighted by Crippen LogP contribution is 2.68. The normalized spacial score (nSPS) is 52.1. The third-order valence-electron chi connectivity index (χ3n) is 13.9. The Balaban J connectivity index is 0.974. The molecule has 6 fully saturated rings. The van der Waals surface area contributed by atoms with Crippen LogP contribution < -0.4 is 0 Å². The van der Waals surface area contributed by atoms with Crippen molar-refractivity contribution in [1.29, 1.82) is 0 Å². The molecule has 0 aromatic heterocycles. The molecule has 4 saturated carbocycles. The summed E-state index contributed by atoms with van der Waals surface area (Å²) < 4.78 is 35.6. The number of fused-ring (bicyclic) bond motifs is 5. The van der Waals surface area contributed by atoms with Crippen molar-refractivity contribution >= 4 is 12.3 Å². The highest BCUT2D eigenvalue weighted by atomic mass is 16.7. The standard InChI is InChI=1S/C36H54O12/c1-18-33(48-34-32(42)31(41)30(40)27(15-37)47-34)26(43-3)14-29(45-18)46-21-8-11-36(17-38)20(13-21)4-5-22-24-7-6-23(19-12-28(39)44-16-19)35(24,2)10-9-25(22)36/h12,17-18,20-27,29-34,37,40-42H,4-11,13-16H2,1-3H3. The maximum Gasteiger partial charge on any atom is 0.331 e. The minimum Gasteiger partial charge on any atom is -0.458 e. The summed E-state index contributed by atoms with van der Waals surface area (Å²) in [6.07, 6.45) is 3.22. The third-order valence-corrected chi connectivity index (χ3v) is 13.9. The molecule has 48 heavy (non-hydrogen) atoms. The van der Waals surface area contributed by atoms with Crippen molar-refractivity contribution in [2.75, 3.05) is 20.3 Å². The van der Waals surface area contributed by atoms with Gasteiger partial charge in [0.15, 0.2) is 12.6 Å². The third kappa shape index (κ3) is 5.81. The van der Waals surface area contributed by atoms with Crippen LogP contribution in [0.2, 0.25) is 0 Å². The molecule has 2 saturated heterocycles. The summed E-state index contributed by atoms with van der Waals surface area (Å²) >= 11 is 0. The van der Waals surface area contributed by atoms with Crippen LogP contribution in [-0.2, 0) is 38.0 Å². The maximum absolute atomic E-state index is 13.1. The lowest BCUT2D eigenvalue weighted by Crippen LogP contribution is -2.61. The number of rotatable bonds is 8. The second-order valence-electron chi connectivity index (χ2n) is 16.0. The number of cyclic esters (lactones) is 1. The number of hydrogen-bond acceptors (Lipinski definition) is 12. The minimum absolute atomic E-state index is 0.0474. The van der Waals surface area contributed by atoms with Gasteiger partial charge in [0.25, 0.3) is 0 Å². The van der Waals surface area contributed by atoms with E-state index >= 15 is 0 Å². The zero-order valence-electron chi connectivity index (χ0n) is 28.4. The SMILES string of the molecule is COC1CC(OC2CCC3(C=O)C(CCC4C5CCC(C6=CC(=O)OC6)C5(C)CCC43)C2)OC(C)C1OC1OC(CO)C(O)C(O)C1O. The summed E-state index contributed by atoms with van der Waals surface area (Å²) in [5.74, 6) is 1.91. The molecule has 0 aromatic carbocycles. The Bertz CT molecular complexity index is 1230. The number of esters is 1. The van der Waals surface area contributed by atoms with Gasteiger partial charge in [-0.15, -0.1) is 0 Å². The first-order chi connectivity index (χ1) is 23.0. The number of aldehydes is 1. The van der Waals surface area contributed by atoms with E-state index in [0.717, 1.165) is 57.8 Å². The van der Waals surface area contributed by atoms with Gasteiger partial charge in [0.05, 0.1) is 24.9 Å². The molecule has 4 aliphatic carbocycles. The molecular weight excluding hydrogens is 624 g/mol. The van der Waals surface area contributed by atoms with Gasteiger partial charge in [0.1, 0.15) is 43.4 Å². The Morgan fingerprint density at radius 3 is 2.48 bits per heavy atom. The summed E-state index contributed by atoms with van der Waals surface area (Å²) in [5, 5.41) is 40.4. The van der Waals surface area contributed by atoms with Gasteiger partial charge >= 0.3 is 5.97 Å². The lowest BCUT2D eigenvalue weighted by molar-refractivity contribution is -0.345. The fourth-order valence-electron chi connectivity index (χ4n) is 11.5. The first-order valence-corrected chi connectivity index (χ1v) is 18.2. The van der Waals surface area contributed by atoms with Crippen molar-refractivity contribution in [1.82, 2.24) is 0 Å². The second-order valence-corrected chi connectivity index (χ2v) is 16.0. The van der Waals surface area contributed by atoms with Crippen LogP contribution in [-0.4, -0.2) is 114 Å². The van der Waals surface area contributed by atoms with Gasteiger partial charge in [-0.2, -0.15) is 0 Å². The number of aliphatic hydroxyl groups is 4. The van der Waals surface area contributed by atoms with Crippen LogP contribution in [0.3, 0.4) is 0 Å². The summed E-state index contributed by atoms with van der Waals surface area (Å²) in [6.45, 7) is 4.15. The number of aliphatic hydroxyl groups excluding tert-OH is 4. The number of ether oxygens (including phenoxy) is 6. The van der Waals surface area contributed by atoms with Crippen LogP contribution in [0, 0.1) is 40.4 Å². The highest BCUT2D eigenvalue weighted by Gasteiger charge is 2.62. The molecule has 17 unspecified atom stereocenters. The smallest absolute Gasteiger partial charge is 0.331 e. The van der Waals surface area contributed by atoms with E-state index in [1.54, 1.807) is 13.2 Å². The van der Waals surface area contributed by atoms with Gasteiger partial charge in [-0.05, 0) is 105 Å². The van der Waals surface area contributed by atoms with E-state index in [9.17, 15) is 30.0 Å². The molecule has 3 heterocycles. The Morgan fingerprint density at radius 1 is 0.958 bits per heavy atom. The second kappa shape index (κ2) is 13.6. The highest BCUT2D eigenvalue weighted by molar-refractivity contribution is 5.85. The van der Waals surface area contributed by atoms with Crippen molar-refractivity contribution in [3.8, 4) is 0 Å². The average Bonchev–Trinajstić information content (AvgIpc) is 3.67. The quantitative estimate of drug-likeness (QED) is 0.168. The van der Waals surface area contributed by atoms with Gasteiger partial charge < -0.3 is 53.6 Å². The predicted molar refractivity (Wildman–Crippen MR) is 168 cm³/mol. The minimum atomic E-state index is -1.54. The Kier molecular flexibility index (Phi) is 9.88. The molecule has 0 radical (unpaired) electrons. The van der Waals surface area contributed by atoms with Crippen molar-refractivity contribution < 1.29 is 58.4 Å². The molecule has 4 N–H and O–H groups in total. The first kappa shape index (κ1) is 34.9. The van der Waals surface area contributed by atoms with Gasteiger partial charge in [-0.3, -0.25) is 0 Å². The molecule has 270 valence electrons. The molecule has 0 aromatic rings.